The third-order valence-electron chi connectivity index (χ3n) is 2.55. The van der Waals surface area contributed by atoms with Crippen LogP contribution in [0.5, 0.6) is 5.75 Å². The fourth-order valence-electron chi connectivity index (χ4n) is 1.55. The molecule has 1 rings (SSSR count). The molecule has 0 spiro atoms. The summed E-state index contributed by atoms with van der Waals surface area (Å²) < 4.78 is 5.46. The van der Waals surface area contributed by atoms with Crippen molar-refractivity contribution in [2.45, 2.75) is 6.42 Å². The molecule has 0 aliphatic rings. The minimum absolute atomic E-state index is 0.175. The number of nitrogens with one attached hydrogen (secondary N) is 2. The molecule has 6 heteroatoms. The summed E-state index contributed by atoms with van der Waals surface area (Å²) in [4.78, 5) is 13.5. The van der Waals surface area contributed by atoms with Gasteiger partial charge in [0.25, 0.3) is 0 Å². The normalized spacial score (nSPS) is 10.4. The Morgan fingerprint density at radius 2 is 1.95 bits per heavy atom. The van der Waals surface area contributed by atoms with Gasteiger partial charge >= 0.3 is 6.03 Å². The van der Waals surface area contributed by atoms with E-state index in [0.29, 0.717) is 30.5 Å². The van der Waals surface area contributed by atoms with Gasteiger partial charge in [0.15, 0.2) is 0 Å². The van der Waals surface area contributed by atoms with Gasteiger partial charge in [0, 0.05) is 6.54 Å². The van der Waals surface area contributed by atoms with Gasteiger partial charge in [-0.15, -0.1) is 0 Å². The molecule has 112 valence electrons. The van der Waals surface area contributed by atoms with Gasteiger partial charge < -0.3 is 20.3 Å². The fraction of sp³-hybridized carbons (Fsp3) is 0.500. The molecule has 0 aliphatic carbocycles. The summed E-state index contributed by atoms with van der Waals surface area (Å²) >= 11 is 5.95. The summed E-state index contributed by atoms with van der Waals surface area (Å²) in [7, 11) is 4.01. The molecule has 5 nitrogen and oxygen atoms in total. The average Bonchev–Trinajstić information content (AvgIpc) is 2.41. The van der Waals surface area contributed by atoms with E-state index >= 15 is 0 Å². The van der Waals surface area contributed by atoms with Crippen LogP contribution in [0, 0.1) is 0 Å². The van der Waals surface area contributed by atoms with Gasteiger partial charge in [0.05, 0.1) is 11.6 Å². The molecule has 0 saturated heterocycles. The van der Waals surface area contributed by atoms with Crippen molar-refractivity contribution in [2.24, 2.45) is 0 Å². The summed E-state index contributed by atoms with van der Waals surface area (Å²) in [5.41, 5.74) is 0. The standard InChI is InChI=1S/C14H22ClN3O2/c1-18(2)10-5-8-16-14(19)17-9-11-20-13-7-4-3-6-12(13)15/h3-4,6-7H,5,8-11H2,1-2H3,(H2,16,17,19). The lowest BCUT2D eigenvalue weighted by Crippen LogP contribution is -2.38. The number of amides is 2. The maximum atomic E-state index is 11.4. The Labute approximate surface area is 125 Å². The number of rotatable bonds is 8. The van der Waals surface area contributed by atoms with E-state index in [9.17, 15) is 4.79 Å². The van der Waals surface area contributed by atoms with Gasteiger partial charge in [-0.25, -0.2) is 4.79 Å². The molecule has 0 saturated carbocycles. The Morgan fingerprint density at radius 1 is 1.25 bits per heavy atom. The lowest BCUT2D eigenvalue weighted by molar-refractivity contribution is 0.236. The topological polar surface area (TPSA) is 53.6 Å². The molecule has 0 aliphatic heterocycles. The van der Waals surface area contributed by atoms with Crippen molar-refractivity contribution in [3.8, 4) is 5.75 Å². The van der Waals surface area contributed by atoms with Crippen LogP contribution in [-0.2, 0) is 0 Å². The number of carbonyl (C=O) groups excluding carboxylic acids is 1. The van der Waals surface area contributed by atoms with Crippen molar-refractivity contribution in [3.05, 3.63) is 29.3 Å². The fourth-order valence-corrected chi connectivity index (χ4v) is 1.74. The van der Waals surface area contributed by atoms with Crippen molar-refractivity contribution < 1.29 is 9.53 Å². The van der Waals surface area contributed by atoms with Gasteiger partial charge in [-0.3, -0.25) is 0 Å². The number of urea groups is 1. The third-order valence-corrected chi connectivity index (χ3v) is 2.86. The summed E-state index contributed by atoms with van der Waals surface area (Å²) in [6.07, 6.45) is 0.927. The van der Waals surface area contributed by atoms with Crippen LogP contribution >= 0.6 is 11.6 Å². The van der Waals surface area contributed by atoms with Crippen LogP contribution in [0.3, 0.4) is 0 Å². The second-order valence-corrected chi connectivity index (χ2v) is 5.03. The number of nitrogens with zero attached hydrogens (tertiary/aromatic N) is 1. The molecule has 2 N–H and O–H groups in total. The van der Waals surface area contributed by atoms with E-state index in [-0.39, 0.29) is 6.03 Å². The smallest absolute Gasteiger partial charge is 0.314 e. The number of para-hydroxylation sites is 1. The van der Waals surface area contributed by atoms with Crippen molar-refractivity contribution in [1.82, 2.24) is 15.5 Å². The molecule has 2 amide bonds. The highest BCUT2D eigenvalue weighted by molar-refractivity contribution is 6.32. The average molecular weight is 300 g/mol. The molecule has 0 radical (unpaired) electrons. The molecule has 0 unspecified atom stereocenters. The first kappa shape index (κ1) is 16.6. The molecule has 0 aromatic heterocycles. The highest BCUT2D eigenvalue weighted by atomic mass is 35.5. The van der Waals surface area contributed by atoms with Gasteiger partial charge in [0.2, 0.25) is 0 Å². The lowest BCUT2D eigenvalue weighted by atomic mass is 10.3. The van der Waals surface area contributed by atoms with Crippen LogP contribution in [0.1, 0.15) is 6.42 Å². The highest BCUT2D eigenvalue weighted by Gasteiger charge is 2.01. The Balaban J connectivity index is 2.06. The van der Waals surface area contributed by atoms with E-state index in [4.69, 9.17) is 16.3 Å². The maximum absolute atomic E-state index is 11.4. The highest BCUT2D eigenvalue weighted by Crippen LogP contribution is 2.22. The second kappa shape index (κ2) is 9.44. The molecule has 0 bridgehead atoms. The minimum Gasteiger partial charge on any atom is -0.490 e. The number of hydrogen-bond acceptors (Lipinski definition) is 3. The van der Waals surface area contributed by atoms with Crippen LogP contribution in [-0.4, -0.2) is 51.3 Å². The predicted molar refractivity (Wildman–Crippen MR) is 81.5 cm³/mol. The maximum Gasteiger partial charge on any atom is 0.314 e. The Hall–Kier alpha value is -1.46. The van der Waals surface area contributed by atoms with Crippen LogP contribution in [0.2, 0.25) is 5.02 Å². The Morgan fingerprint density at radius 3 is 2.65 bits per heavy atom. The van der Waals surface area contributed by atoms with Crippen LogP contribution < -0.4 is 15.4 Å². The molecular weight excluding hydrogens is 278 g/mol. The van der Waals surface area contributed by atoms with Gasteiger partial charge in [-0.2, -0.15) is 0 Å². The van der Waals surface area contributed by atoms with E-state index in [1.54, 1.807) is 12.1 Å². The first-order chi connectivity index (χ1) is 9.59. The van der Waals surface area contributed by atoms with Crippen LogP contribution in [0.15, 0.2) is 24.3 Å². The van der Waals surface area contributed by atoms with E-state index in [0.717, 1.165) is 13.0 Å². The largest absolute Gasteiger partial charge is 0.490 e. The minimum atomic E-state index is -0.175. The lowest BCUT2D eigenvalue weighted by Gasteiger charge is -2.11. The first-order valence-corrected chi connectivity index (χ1v) is 7.01. The number of carbonyl (C=O) groups is 1. The Kier molecular flexibility index (Phi) is 7.84. The Bertz CT molecular complexity index is 413. The van der Waals surface area contributed by atoms with E-state index < -0.39 is 0 Å². The zero-order valence-corrected chi connectivity index (χ0v) is 12.7. The van der Waals surface area contributed by atoms with Crippen molar-refractivity contribution in [3.63, 3.8) is 0 Å². The summed E-state index contributed by atoms with van der Waals surface area (Å²) in [5.74, 6) is 0.627. The van der Waals surface area contributed by atoms with E-state index in [1.165, 1.54) is 0 Å². The first-order valence-electron chi connectivity index (χ1n) is 6.63. The molecule has 0 heterocycles. The monoisotopic (exact) mass is 299 g/mol. The molecule has 0 fully saturated rings. The number of hydrogen-bond donors (Lipinski definition) is 2. The van der Waals surface area contributed by atoms with Crippen LogP contribution in [0.4, 0.5) is 4.79 Å². The summed E-state index contributed by atoms with van der Waals surface area (Å²) in [6, 6.07) is 7.08. The van der Waals surface area contributed by atoms with E-state index in [2.05, 4.69) is 15.5 Å². The summed E-state index contributed by atoms with van der Waals surface area (Å²) in [5, 5.41) is 6.09. The molecular formula is C14H22ClN3O2. The van der Waals surface area contributed by atoms with Crippen LogP contribution in [0.25, 0.3) is 0 Å². The van der Waals surface area contributed by atoms with Gasteiger partial charge in [-0.1, -0.05) is 23.7 Å². The zero-order valence-electron chi connectivity index (χ0n) is 12.0. The van der Waals surface area contributed by atoms with Gasteiger partial charge in [0.1, 0.15) is 12.4 Å². The summed E-state index contributed by atoms with van der Waals surface area (Å²) in [6.45, 7) is 2.44. The van der Waals surface area contributed by atoms with Crippen molar-refractivity contribution >= 4 is 17.6 Å². The number of ether oxygens (including phenoxy) is 1. The second-order valence-electron chi connectivity index (χ2n) is 4.62. The third kappa shape index (κ3) is 7.21. The van der Waals surface area contributed by atoms with Crippen molar-refractivity contribution in [1.29, 1.82) is 0 Å². The zero-order chi connectivity index (χ0) is 14.8. The molecule has 20 heavy (non-hydrogen) atoms. The number of halogens is 1. The number of benzene rings is 1. The molecule has 1 aromatic carbocycles. The van der Waals surface area contributed by atoms with Gasteiger partial charge in [-0.05, 0) is 39.2 Å². The SMILES string of the molecule is CN(C)CCCNC(=O)NCCOc1ccccc1Cl. The predicted octanol–water partition coefficient (Wildman–Crippen LogP) is 1.97. The molecule has 1 aromatic rings. The van der Waals surface area contributed by atoms with E-state index in [1.807, 2.05) is 26.2 Å². The van der Waals surface area contributed by atoms with Crippen molar-refractivity contribution in [2.75, 3.05) is 40.3 Å². The molecule has 0 atom stereocenters. The quantitative estimate of drug-likeness (QED) is 0.722.